The standard InChI is InChI=1S/C56H35NO2/c1-2-12-36(13-3-1)40-16-8-17-41(34-40)37-26-30-43(31-27-37)57(50-23-11-25-52-54(50)49-33-29-39-15-5-7-21-47(39)56(49)59-52)44-19-9-18-42(35-44)45-22-10-24-51-53(45)48-32-28-38-14-4-6-20-46(38)55(48)58-51/h1-35H. The van der Waals surface area contributed by atoms with Crippen LogP contribution in [-0.4, -0.2) is 0 Å². The first-order valence-corrected chi connectivity index (χ1v) is 20.1. The zero-order valence-electron chi connectivity index (χ0n) is 32.0. The van der Waals surface area contributed by atoms with E-state index in [4.69, 9.17) is 8.83 Å². The largest absolute Gasteiger partial charge is 0.455 e. The average Bonchev–Trinajstić information content (AvgIpc) is 3.90. The number of nitrogens with zero attached hydrogens (tertiary/aromatic N) is 1. The van der Waals surface area contributed by atoms with Crippen LogP contribution in [0.1, 0.15) is 0 Å². The lowest BCUT2D eigenvalue weighted by Gasteiger charge is -2.27. The Balaban J connectivity index is 1.05. The minimum absolute atomic E-state index is 0.853. The molecular weight excluding hydrogens is 719 g/mol. The summed E-state index contributed by atoms with van der Waals surface area (Å²) in [7, 11) is 0. The predicted octanol–water partition coefficient (Wildman–Crippen LogP) is 16.3. The molecule has 12 aromatic rings. The molecule has 0 radical (unpaired) electrons. The third-order valence-corrected chi connectivity index (χ3v) is 11.8. The lowest BCUT2D eigenvalue weighted by Crippen LogP contribution is -2.10. The average molecular weight is 754 g/mol. The number of rotatable bonds is 6. The van der Waals surface area contributed by atoms with E-state index in [9.17, 15) is 0 Å². The molecule has 2 heterocycles. The van der Waals surface area contributed by atoms with E-state index in [1.807, 2.05) is 0 Å². The van der Waals surface area contributed by atoms with Crippen molar-refractivity contribution in [3.8, 4) is 33.4 Å². The normalized spacial score (nSPS) is 11.7. The molecule has 3 heteroatoms. The summed E-state index contributed by atoms with van der Waals surface area (Å²) in [5.41, 5.74) is 13.7. The molecule has 0 saturated heterocycles. The predicted molar refractivity (Wildman–Crippen MR) is 247 cm³/mol. The number of fused-ring (bicyclic) bond motifs is 10. The van der Waals surface area contributed by atoms with Crippen LogP contribution in [0.5, 0.6) is 0 Å². The number of hydrogen-bond acceptors (Lipinski definition) is 3. The molecule has 0 fully saturated rings. The number of benzene rings is 10. The molecule has 59 heavy (non-hydrogen) atoms. The molecule has 2 aromatic heterocycles. The fourth-order valence-electron chi connectivity index (χ4n) is 9.07. The zero-order chi connectivity index (χ0) is 38.9. The first-order chi connectivity index (χ1) is 29.2. The third kappa shape index (κ3) is 5.44. The molecule has 0 saturated carbocycles. The van der Waals surface area contributed by atoms with Crippen LogP contribution in [0, 0.1) is 0 Å². The molecule has 0 N–H and O–H groups in total. The molecule has 3 nitrogen and oxygen atoms in total. The summed E-state index contributed by atoms with van der Waals surface area (Å²) < 4.78 is 13.3. The molecule has 12 rings (SSSR count). The zero-order valence-corrected chi connectivity index (χ0v) is 32.0. The quantitative estimate of drug-likeness (QED) is 0.169. The second kappa shape index (κ2) is 13.4. The Labute approximate surface area is 340 Å². The van der Waals surface area contributed by atoms with E-state index in [0.717, 1.165) is 93.8 Å². The Morgan fingerprint density at radius 3 is 1.56 bits per heavy atom. The molecular formula is C56H35NO2. The molecule has 10 aromatic carbocycles. The van der Waals surface area contributed by atoms with Gasteiger partial charge in [-0.25, -0.2) is 0 Å². The van der Waals surface area contributed by atoms with E-state index in [-0.39, 0.29) is 0 Å². The first-order valence-electron chi connectivity index (χ1n) is 20.1. The van der Waals surface area contributed by atoms with Crippen LogP contribution in [0.15, 0.2) is 221 Å². The second-order valence-corrected chi connectivity index (χ2v) is 15.2. The minimum Gasteiger partial charge on any atom is -0.455 e. The van der Waals surface area contributed by atoms with Crippen molar-refractivity contribution in [2.45, 2.75) is 0 Å². The highest BCUT2D eigenvalue weighted by atomic mass is 16.3. The molecule has 0 aliphatic carbocycles. The van der Waals surface area contributed by atoms with Gasteiger partial charge in [-0.05, 0) is 105 Å². The molecule has 0 aliphatic rings. The fraction of sp³-hybridized carbons (Fsp3) is 0. The molecule has 0 aliphatic heterocycles. The van der Waals surface area contributed by atoms with Crippen LogP contribution >= 0.6 is 0 Å². The molecule has 0 atom stereocenters. The molecule has 276 valence electrons. The van der Waals surface area contributed by atoms with Gasteiger partial charge in [-0.3, -0.25) is 0 Å². The lowest BCUT2D eigenvalue weighted by molar-refractivity contribution is 0.672. The Morgan fingerprint density at radius 1 is 0.305 bits per heavy atom. The smallest absolute Gasteiger partial charge is 0.143 e. The summed E-state index contributed by atoms with van der Waals surface area (Å²) in [6.07, 6.45) is 0. The van der Waals surface area contributed by atoms with Crippen LogP contribution in [0.4, 0.5) is 17.1 Å². The highest BCUT2D eigenvalue weighted by molar-refractivity contribution is 6.21. The van der Waals surface area contributed by atoms with Crippen molar-refractivity contribution in [3.05, 3.63) is 212 Å². The van der Waals surface area contributed by atoms with Gasteiger partial charge in [0, 0.05) is 38.3 Å². The number of anilines is 3. The Morgan fingerprint density at radius 2 is 0.847 bits per heavy atom. The van der Waals surface area contributed by atoms with Gasteiger partial charge in [0.25, 0.3) is 0 Å². The monoisotopic (exact) mass is 753 g/mol. The van der Waals surface area contributed by atoms with E-state index in [1.54, 1.807) is 0 Å². The molecule has 0 unspecified atom stereocenters. The van der Waals surface area contributed by atoms with Gasteiger partial charge < -0.3 is 13.7 Å². The van der Waals surface area contributed by atoms with Crippen LogP contribution in [-0.2, 0) is 0 Å². The summed E-state index contributed by atoms with van der Waals surface area (Å²) in [6, 6.07) is 75.7. The molecule has 0 spiro atoms. The van der Waals surface area contributed by atoms with Gasteiger partial charge in [0.05, 0.1) is 11.1 Å². The van der Waals surface area contributed by atoms with Crippen LogP contribution in [0.3, 0.4) is 0 Å². The summed E-state index contributed by atoms with van der Waals surface area (Å²) in [4.78, 5) is 2.38. The third-order valence-electron chi connectivity index (χ3n) is 11.8. The van der Waals surface area contributed by atoms with Gasteiger partial charge in [0.15, 0.2) is 0 Å². The SMILES string of the molecule is c1ccc(-c2cccc(-c3ccc(N(c4cccc(-c5cccc6oc7c8ccccc8ccc7c56)c4)c4cccc5oc6c7ccccc7ccc6c45)cc3)c2)cc1. The maximum atomic E-state index is 6.72. The molecule has 0 bridgehead atoms. The number of furan rings is 2. The van der Waals surface area contributed by atoms with Crippen LogP contribution < -0.4 is 4.90 Å². The van der Waals surface area contributed by atoms with E-state index >= 15 is 0 Å². The fourth-order valence-corrected chi connectivity index (χ4v) is 9.07. The summed E-state index contributed by atoms with van der Waals surface area (Å²) in [5, 5.41) is 8.96. The van der Waals surface area contributed by atoms with Crippen molar-refractivity contribution >= 4 is 82.5 Å². The van der Waals surface area contributed by atoms with Crippen LogP contribution in [0.25, 0.3) is 98.8 Å². The van der Waals surface area contributed by atoms with Crippen LogP contribution in [0.2, 0.25) is 0 Å². The van der Waals surface area contributed by atoms with E-state index in [2.05, 4.69) is 217 Å². The Kier molecular flexibility index (Phi) is 7.54. The van der Waals surface area contributed by atoms with Crippen molar-refractivity contribution < 1.29 is 8.83 Å². The summed E-state index contributed by atoms with van der Waals surface area (Å²) in [6.45, 7) is 0. The minimum atomic E-state index is 0.853. The maximum Gasteiger partial charge on any atom is 0.143 e. The van der Waals surface area contributed by atoms with Crippen molar-refractivity contribution in [3.63, 3.8) is 0 Å². The van der Waals surface area contributed by atoms with Gasteiger partial charge in [0.1, 0.15) is 22.3 Å². The van der Waals surface area contributed by atoms with Gasteiger partial charge in [-0.15, -0.1) is 0 Å². The Hall–Kier alpha value is -7.88. The highest BCUT2D eigenvalue weighted by Gasteiger charge is 2.22. The summed E-state index contributed by atoms with van der Waals surface area (Å²) in [5.74, 6) is 0. The van der Waals surface area contributed by atoms with Crippen molar-refractivity contribution in [1.29, 1.82) is 0 Å². The van der Waals surface area contributed by atoms with E-state index < -0.39 is 0 Å². The van der Waals surface area contributed by atoms with Crippen molar-refractivity contribution in [2.75, 3.05) is 4.90 Å². The van der Waals surface area contributed by atoms with Crippen molar-refractivity contribution in [1.82, 2.24) is 0 Å². The molecule has 0 amide bonds. The Bertz CT molecular complexity index is 3560. The topological polar surface area (TPSA) is 29.5 Å². The van der Waals surface area contributed by atoms with Gasteiger partial charge in [-0.1, -0.05) is 152 Å². The highest BCUT2D eigenvalue weighted by Crippen LogP contribution is 2.46. The lowest BCUT2D eigenvalue weighted by atomic mass is 9.97. The summed E-state index contributed by atoms with van der Waals surface area (Å²) >= 11 is 0. The maximum absolute atomic E-state index is 6.72. The first kappa shape index (κ1) is 33.3. The van der Waals surface area contributed by atoms with Gasteiger partial charge in [-0.2, -0.15) is 0 Å². The van der Waals surface area contributed by atoms with Gasteiger partial charge >= 0.3 is 0 Å². The van der Waals surface area contributed by atoms with E-state index in [1.165, 1.54) is 22.1 Å². The van der Waals surface area contributed by atoms with E-state index in [0.29, 0.717) is 0 Å². The van der Waals surface area contributed by atoms with Crippen molar-refractivity contribution in [2.24, 2.45) is 0 Å². The number of hydrogen-bond donors (Lipinski definition) is 0. The van der Waals surface area contributed by atoms with Gasteiger partial charge in [0.2, 0.25) is 0 Å². The second-order valence-electron chi connectivity index (χ2n) is 15.2.